The van der Waals surface area contributed by atoms with Crippen molar-refractivity contribution in [3.05, 3.63) is 85.0 Å². The largest absolute Gasteiger partial charge is 0.457 e. The second kappa shape index (κ2) is 8.70. The number of hydrogen-bond acceptors (Lipinski definition) is 6. The summed E-state index contributed by atoms with van der Waals surface area (Å²) in [6, 6.07) is 10.0. The number of nitrogens with zero attached hydrogens (tertiary/aromatic N) is 2. The fourth-order valence-corrected chi connectivity index (χ4v) is 3.61. The summed E-state index contributed by atoms with van der Waals surface area (Å²) >= 11 is 18.0. The highest BCUT2D eigenvalue weighted by atomic mass is 35.5. The summed E-state index contributed by atoms with van der Waals surface area (Å²) in [6.07, 6.45) is 1.16. The smallest absolute Gasteiger partial charge is 0.335 e. The van der Waals surface area contributed by atoms with Gasteiger partial charge in [0, 0.05) is 17.7 Å². The molecule has 1 aromatic heterocycles. The molecule has 1 saturated heterocycles. The lowest BCUT2D eigenvalue weighted by atomic mass is 10.1. The van der Waals surface area contributed by atoms with Crippen molar-refractivity contribution in [2.45, 2.75) is 0 Å². The lowest BCUT2D eigenvalue weighted by molar-refractivity contribution is -0.384. The number of benzene rings is 2. The zero-order valence-electron chi connectivity index (χ0n) is 16.2. The number of amides is 4. The predicted molar refractivity (Wildman–Crippen MR) is 121 cm³/mol. The van der Waals surface area contributed by atoms with Gasteiger partial charge in [-0.2, -0.15) is 0 Å². The summed E-state index contributed by atoms with van der Waals surface area (Å²) in [5.41, 5.74) is -0.0624. The van der Waals surface area contributed by atoms with E-state index in [4.69, 9.17) is 39.2 Å². The number of non-ortho nitro benzene ring substituents is 1. The monoisotopic (exact) mass is 505 g/mol. The van der Waals surface area contributed by atoms with Gasteiger partial charge < -0.3 is 4.42 Å². The number of nitro benzene ring substituents is 1. The molecular formula is C21H10Cl3N3O6. The number of barbiturate groups is 1. The maximum absolute atomic E-state index is 13.0. The Morgan fingerprint density at radius 2 is 1.70 bits per heavy atom. The van der Waals surface area contributed by atoms with Crippen LogP contribution in [0.25, 0.3) is 17.4 Å². The SMILES string of the molecule is O=C1NC(=O)N(c2ccc(Cl)c(Cl)c2)C(=O)/C1=C\c1ccc(-c2ccc([N+](=O)[O-])cc2Cl)o1. The number of furan rings is 1. The van der Waals surface area contributed by atoms with E-state index in [-0.39, 0.29) is 43.5 Å². The second-order valence-electron chi connectivity index (χ2n) is 6.68. The number of urea groups is 1. The van der Waals surface area contributed by atoms with Crippen molar-refractivity contribution in [1.29, 1.82) is 0 Å². The fourth-order valence-electron chi connectivity index (χ4n) is 3.05. The van der Waals surface area contributed by atoms with Crippen LogP contribution >= 0.6 is 34.8 Å². The Morgan fingerprint density at radius 3 is 2.36 bits per heavy atom. The highest BCUT2D eigenvalue weighted by Gasteiger charge is 2.37. The number of halogens is 3. The van der Waals surface area contributed by atoms with Crippen LogP contribution in [0, 0.1) is 10.1 Å². The van der Waals surface area contributed by atoms with Crippen LogP contribution in [0.15, 0.2) is 58.5 Å². The first-order valence-corrected chi connectivity index (χ1v) is 10.2. The molecule has 166 valence electrons. The molecule has 4 amide bonds. The summed E-state index contributed by atoms with van der Waals surface area (Å²) in [5.74, 6) is -1.44. The van der Waals surface area contributed by atoms with Crippen LogP contribution in [-0.4, -0.2) is 22.8 Å². The van der Waals surface area contributed by atoms with E-state index in [1.54, 1.807) is 0 Å². The molecule has 1 N–H and O–H groups in total. The van der Waals surface area contributed by atoms with Crippen LogP contribution in [0.2, 0.25) is 15.1 Å². The average molecular weight is 507 g/mol. The van der Waals surface area contributed by atoms with Gasteiger partial charge in [-0.15, -0.1) is 0 Å². The van der Waals surface area contributed by atoms with Crippen molar-refractivity contribution in [1.82, 2.24) is 5.32 Å². The third-order valence-electron chi connectivity index (χ3n) is 4.61. The molecule has 2 aromatic carbocycles. The van der Waals surface area contributed by atoms with Gasteiger partial charge >= 0.3 is 6.03 Å². The minimum Gasteiger partial charge on any atom is -0.457 e. The summed E-state index contributed by atoms with van der Waals surface area (Å²) < 4.78 is 5.65. The minimum absolute atomic E-state index is 0.0839. The van der Waals surface area contributed by atoms with E-state index in [0.717, 1.165) is 11.0 Å². The van der Waals surface area contributed by atoms with Gasteiger partial charge in [0.15, 0.2) is 0 Å². The molecule has 4 rings (SSSR count). The molecule has 2 heterocycles. The molecule has 3 aromatic rings. The molecule has 0 saturated carbocycles. The highest BCUT2D eigenvalue weighted by molar-refractivity contribution is 6.43. The maximum atomic E-state index is 13.0. The van der Waals surface area contributed by atoms with E-state index in [1.807, 2.05) is 0 Å². The predicted octanol–water partition coefficient (Wildman–Crippen LogP) is 5.48. The Kier molecular flexibility index (Phi) is 5.94. The van der Waals surface area contributed by atoms with E-state index in [2.05, 4.69) is 5.32 Å². The normalized spacial score (nSPS) is 15.2. The summed E-state index contributed by atoms with van der Waals surface area (Å²) in [7, 11) is 0. The molecule has 0 aliphatic carbocycles. The number of nitro groups is 1. The van der Waals surface area contributed by atoms with Gasteiger partial charge in [0.1, 0.15) is 17.1 Å². The molecule has 0 spiro atoms. The average Bonchev–Trinajstić information content (AvgIpc) is 3.21. The first-order chi connectivity index (χ1) is 15.7. The van der Waals surface area contributed by atoms with Gasteiger partial charge in [0.05, 0.1) is 25.7 Å². The molecule has 12 heteroatoms. The number of carbonyl (C=O) groups is 3. The Bertz CT molecular complexity index is 1380. The number of imide groups is 2. The van der Waals surface area contributed by atoms with Gasteiger partial charge in [0.2, 0.25) is 0 Å². The summed E-state index contributed by atoms with van der Waals surface area (Å²) in [4.78, 5) is 48.6. The van der Waals surface area contributed by atoms with Crippen molar-refractivity contribution in [3.8, 4) is 11.3 Å². The summed E-state index contributed by atoms with van der Waals surface area (Å²) in [5, 5.41) is 13.4. The van der Waals surface area contributed by atoms with Crippen LogP contribution in [-0.2, 0) is 9.59 Å². The zero-order valence-corrected chi connectivity index (χ0v) is 18.4. The van der Waals surface area contributed by atoms with E-state index >= 15 is 0 Å². The van der Waals surface area contributed by atoms with Gasteiger partial charge in [-0.3, -0.25) is 25.0 Å². The highest BCUT2D eigenvalue weighted by Crippen LogP contribution is 2.33. The van der Waals surface area contributed by atoms with Crippen molar-refractivity contribution >= 4 is 70.1 Å². The lowest BCUT2D eigenvalue weighted by Gasteiger charge is -2.26. The van der Waals surface area contributed by atoms with Gasteiger partial charge in [-0.1, -0.05) is 34.8 Å². The van der Waals surface area contributed by atoms with Gasteiger partial charge in [-0.05, 0) is 42.5 Å². The fraction of sp³-hybridized carbons (Fsp3) is 0. The third kappa shape index (κ3) is 4.34. The quantitative estimate of drug-likeness (QED) is 0.216. The number of nitrogens with one attached hydrogen (secondary N) is 1. The Hall–Kier alpha value is -3.66. The molecule has 9 nitrogen and oxygen atoms in total. The zero-order chi connectivity index (χ0) is 23.9. The van der Waals surface area contributed by atoms with Crippen molar-refractivity contribution in [2.75, 3.05) is 4.90 Å². The minimum atomic E-state index is -0.946. The molecule has 1 aliphatic rings. The van der Waals surface area contributed by atoms with Crippen LogP contribution in [0.1, 0.15) is 5.76 Å². The van der Waals surface area contributed by atoms with Crippen LogP contribution in [0.5, 0.6) is 0 Å². The molecule has 0 atom stereocenters. The third-order valence-corrected chi connectivity index (χ3v) is 5.66. The van der Waals surface area contributed by atoms with Gasteiger partial charge in [-0.25, -0.2) is 9.69 Å². The molecule has 1 fully saturated rings. The van der Waals surface area contributed by atoms with Crippen molar-refractivity contribution in [3.63, 3.8) is 0 Å². The number of carbonyl (C=O) groups excluding carboxylic acids is 3. The van der Waals surface area contributed by atoms with E-state index in [9.17, 15) is 24.5 Å². The lowest BCUT2D eigenvalue weighted by Crippen LogP contribution is -2.54. The molecule has 0 radical (unpaired) electrons. The van der Waals surface area contributed by atoms with E-state index in [0.29, 0.717) is 5.56 Å². The van der Waals surface area contributed by atoms with Crippen LogP contribution < -0.4 is 10.2 Å². The van der Waals surface area contributed by atoms with E-state index < -0.39 is 22.8 Å². The molecule has 33 heavy (non-hydrogen) atoms. The summed E-state index contributed by atoms with van der Waals surface area (Å²) in [6.45, 7) is 0. The topological polar surface area (TPSA) is 123 Å². The first kappa shape index (κ1) is 22.5. The number of anilines is 1. The van der Waals surface area contributed by atoms with Crippen molar-refractivity contribution < 1.29 is 23.7 Å². The van der Waals surface area contributed by atoms with Crippen LogP contribution in [0.3, 0.4) is 0 Å². The molecule has 1 aliphatic heterocycles. The Balaban J connectivity index is 1.67. The first-order valence-electron chi connectivity index (χ1n) is 9.06. The molecular weight excluding hydrogens is 497 g/mol. The molecule has 0 unspecified atom stereocenters. The molecule has 0 bridgehead atoms. The van der Waals surface area contributed by atoms with E-state index in [1.165, 1.54) is 48.5 Å². The standard InChI is InChI=1S/C21H10Cl3N3O6/c22-15-5-2-10(7-17(15)24)26-20(29)14(19(28)25-21(26)30)9-12-3-6-18(33-12)13-4-1-11(27(31)32)8-16(13)23/h1-9H,(H,25,28,30)/b14-9-. The Labute approximate surface area is 200 Å². The van der Waals surface area contributed by atoms with Crippen molar-refractivity contribution in [2.24, 2.45) is 0 Å². The number of rotatable bonds is 4. The Morgan fingerprint density at radius 1 is 0.939 bits per heavy atom. The van der Waals surface area contributed by atoms with Crippen LogP contribution in [0.4, 0.5) is 16.2 Å². The second-order valence-corrected chi connectivity index (χ2v) is 7.90. The van der Waals surface area contributed by atoms with Gasteiger partial charge in [0.25, 0.3) is 17.5 Å². The number of hydrogen-bond donors (Lipinski definition) is 1. The maximum Gasteiger partial charge on any atom is 0.335 e.